The number of nitrogens with one attached hydrogen (secondary N) is 1. The molecule has 148 valence electrons. The highest BCUT2D eigenvalue weighted by Crippen LogP contribution is 2.37. The molecule has 0 unspecified atom stereocenters. The SMILES string of the molecule is CCN1C(=O)C[C@H](C(=O)NCc2ncc3c(n2)CCC3)[C@H]1c1nccn1CC. The zero-order chi connectivity index (χ0) is 19.7. The Balaban J connectivity index is 1.51. The van der Waals surface area contributed by atoms with E-state index in [0.29, 0.717) is 12.4 Å². The molecule has 2 aromatic heterocycles. The number of carbonyl (C=O) groups excluding carboxylic acids is 2. The second-order valence-corrected chi connectivity index (χ2v) is 7.34. The first kappa shape index (κ1) is 18.6. The van der Waals surface area contributed by atoms with Gasteiger partial charge in [0.2, 0.25) is 11.8 Å². The van der Waals surface area contributed by atoms with Crippen molar-refractivity contribution in [3.8, 4) is 0 Å². The van der Waals surface area contributed by atoms with E-state index in [1.54, 1.807) is 11.1 Å². The van der Waals surface area contributed by atoms with Crippen molar-refractivity contribution in [2.45, 2.75) is 58.7 Å². The number of likely N-dealkylation sites (tertiary alicyclic amines) is 1. The third kappa shape index (κ3) is 3.27. The van der Waals surface area contributed by atoms with Crippen LogP contribution in [0.3, 0.4) is 0 Å². The van der Waals surface area contributed by atoms with E-state index in [0.717, 1.165) is 37.3 Å². The van der Waals surface area contributed by atoms with Crippen LogP contribution in [-0.2, 0) is 35.5 Å². The second-order valence-electron chi connectivity index (χ2n) is 7.34. The molecule has 28 heavy (non-hydrogen) atoms. The standard InChI is InChI=1S/C20H26N6O2/c1-3-25-9-8-21-19(25)18-14(10-17(27)26(18)4-2)20(28)23-12-16-22-11-13-6-5-7-15(13)24-16/h8-9,11,14,18H,3-7,10,12H2,1-2H3,(H,23,28)/t14-,18-/m0/s1. The van der Waals surface area contributed by atoms with Crippen LogP contribution < -0.4 is 5.32 Å². The number of hydrogen-bond donors (Lipinski definition) is 1. The summed E-state index contributed by atoms with van der Waals surface area (Å²) in [5.74, 6) is 0.770. The molecule has 0 saturated carbocycles. The molecule has 0 radical (unpaired) electrons. The van der Waals surface area contributed by atoms with E-state index in [1.165, 1.54) is 5.56 Å². The molecule has 0 spiro atoms. The smallest absolute Gasteiger partial charge is 0.226 e. The molecule has 1 N–H and O–H groups in total. The van der Waals surface area contributed by atoms with Crippen LogP contribution in [0.4, 0.5) is 0 Å². The average Bonchev–Trinajstić information content (AvgIpc) is 3.42. The van der Waals surface area contributed by atoms with Gasteiger partial charge in [-0.25, -0.2) is 15.0 Å². The zero-order valence-electron chi connectivity index (χ0n) is 16.4. The molecule has 2 aliphatic rings. The lowest BCUT2D eigenvalue weighted by Gasteiger charge is -2.26. The molecule has 1 fully saturated rings. The van der Waals surface area contributed by atoms with Gasteiger partial charge in [-0.2, -0.15) is 0 Å². The molecule has 2 atom stereocenters. The molecule has 1 aliphatic carbocycles. The monoisotopic (exact) mass is 382 g/mol. The van der Waals surface area contributed by atoms with Gasteiger partial charge in [0.25, 0.3) is 0 Å². The van der Waals surface area contributed by atoms with Crippen LogP contribution in [0.15, 0.2) is 18.6 Å². The molecule has 0 bridgehead atoms. The maximum atomic E-state index is 13.0. The van der Waals surface area contributed by atoms with Gasteiger partial charge in [-0.05, 0) is 38.7 Å². The van der Waals surface area contributed by atoms with Crippen molar-refractivity contribution in [3.63, 3.8) is 0 Å². The number of amides is 2. The van der Waals surface area contributed by atoms with E-state index in [4.69, 9.17) is 0 Å². The maximum Gasteiger partial charge on any atom is 0.226 e. The molecule has 3 heterocycles. The van der Waals surface area contributed by atoms with Gasteiger partial charge in [-0.3, -0.25) is 9.59 Å². The van der Waals surface area contributed by atoms with Crippen LogP contribution in [0.1, 0.15) is 55.6 Å². The molecular formula is C20H26N6O2. The van der Waals surface area contributed by atoms with Crippen molar-refractivity contribution in [1.82, 2.24) is 29.7 Å². The highest BCUT2D eigenvalue weighted by molar-refractivity contribution is 5.90. The Kier molecular flexibility index (Phi) is 5.11. The summed E-state index contributed by atoms with van der Waals surface area (Å²) in [6.07, 6.45) is 8.81. The summed E-state index contributed by atoms with van der Waals surface area (Å²) in [4.78, 5) is 40.7. The lowest BCUT2D eigenvalue weighted by Crippen LogP contribution is -2.37. The van der Waals surface area contributed by atoms with Crippen LogP contribution in [-0.4, -0.2) is 42.8 Å². The van der Waals surface area contributed by atoms with Crippen LogP contribution in [0.2, 0.25) is 0 Å². The van der Waals surface area contributed by atoms with E-state index in [-0.39, 0.29) is 30.8 Å². The first-order valence-electron chi connectivity index (χ1n) is 10.0. The van der Waals surface area contributed by atoms with Crippen molar-refractivity contribution in [2.75, 3.05) is 6.54 Å². The third-order valence-electron chi connectivity index (χ3n) is 5.75. The van der Waals surface area contributed by atoms with Gasteiger partial charge in [-0.1, -0.05) is 0 Å². The molecule has 1 aliphatic heterocycles. The van der Waals surface area contributed by atoms with Crippen molar-refractivity contribution < 1.29 is 9.59 Å². The van der Waals surface area contributed by atoms with Gasteiger partial charge in [0, 0.05) is 43.8 Å². The van der Waals surface area contributed by atoms with Crippen LogP contribution in [0.5, 0.6) is 0 Å². The number of fused-ring (bicyclic) bond motifs is 1. The van der Waals surface area contributed by atoms with Crippen molar-refractivity contribution in [3.05, 3.63) is 41.5 Å². The Bertz CT molecular complexity index is 893. The van der Waals surface area contributed by atoms with E-state index >= 15 is 0 Å². The van der Waals surface area contributed by atoms with E-state index in [1.807, 2.05) is 30.8 Å². The normalized spacial score (nSPS) is 21.2. The molecule has 2 aromatic rings. The summed E-state index contributed by atoms with van der Waals surface area (Å²) >= 11 is 0. The number of hydrogen-bond acceptors (Lipinski definition) is 5. The Labute approximate surface area is 164 Å². The van der Waals surface area contributed by atoms with Gasteiger partial charge >= 0.3 is 0 Å². The maximum absolute atomic E-state index is 13.0. The highest BCUT2D eigenvalue weighted by atomic mass is 16.2. The summed E-state index contributed by atoms with van der Waals surface area (Å²) in [7, 11) is 0. The minimum Gasteiger partial charge on any atom is -0.348 e. The van der Waals surface area contributed by atoms with Crippen molar-refractivity contribution >= 4 is 11.8 Å². The third-order valence-corrected chi connectivity index (χ3v) is 5.75. The van der Waals surface area contributed by atoms with Gasteiger partial charge in [-0.15, -0.1) is 0 Å². The largest absolute Gasteiger partial charge is 0.348 e. The number of nitrogens with zero attached hydrogens (tertiary/aromatic N) is 5. The molecule has 1 saturated heterocycles. The molecule has 4 rings (SSSR count). The number of aryl methyl sites for hydroxylation is 3. The van der Waals surface area contributed by atoms with Gasteiger partial charge < -0.3 is 14.8 Å². The molecule has 2 amide bonds. The number of aromatic nitrogens is 4. The number of carbonyl (C=O) groups is 2. The predicted molar refractivity (Wildman–Crippen MR) is 102 cm³/mol. The Morgan fingerprint density at radius 1 is 1.25 bits per heavy atom. The first-order chi connectivity index (χ1) is 13.6. The second kappa shape index (κ2) is 7.69. The Hall–Kier alpha value is -2.77. The van der Waals surface area contributed by atoms with Gasteiger partial charge in [0.1, 0.15) is 17.7 Å². The Morgan fingerprint density at radius 2 is 2.11 bits per heavy atom. The minimum absolute atomic E-state index is 0.00733. The first-order valence-corrected chi connectivity index (χ1v) is 10.0. The van der Waals surface area contributed by atoms with Crippen LogP contribution in [0.25, 0.3) is 0 Å². The fraction of sp³-hybridized carbons (Fsp3) is 0.550. The molecule has 8 nitrogen and oxygen atoms in total. The quantitative estimate of drug-likeness (QED) is 0.815. The molecule has 0 aromatic carbocycles. The van der Waals surface area contributed by atoms with E-state index in [2.05, 4.69) is 20.3 Å². The summed E-state index contributed by atoms with van der Waals surface area (Å²) in [6.45, 7) is 5.53. The highest BCUT2D eigenvalue weighted by Gasteiger charge is 2.45. The summed E-state index contributed by atoms with van der Waals surface area (Å²) < 4.78 is 2.00. The molecular weight excluding hydrogens is 356 g/mol. The molecule has 8 heteroatoms. The van der Waals surface area contributed by atoms with E-state index < -0.39 is 5.92 Å². The van der Waals surface area contributed by atoms with Crippen LogP contribution in [0, 0.1) is 5.92 Å². The lowest BCUT2D eigenvalue weighted by atomic mass is 9.98. The van der Waals surface area contributed by atoms with Crippen LogP contribution >= 0.6 is 0 Å². The zero-order valence-corrected chi connectivity index (χ0v) is 16.4. The van der Waals surface area contributed by atoms with E-state index in [9.17, 15) is 9.59 Å². The summed E-state index contributed by atoms with van der Waals surface area (Å²) in [6, 6.07) is -0.339. The van der Waals surface area contributed by atoms with Crippen molar-refractivity contribution in [2.24, 2.45) is 5.92 Å². The minimum atomic E-state index is -0.463. The predicted octanol–water partition coefficient (Wildman–Crippen LogP) is 1.41. The van der Waals surface area contributed by atoms with Crippen molar-refractivity contribution in [1.29, 1.82) is 0 Å². The van der Waals surface area contributed by atoms with Gasteiger partial charge in [0.15, 0.2) is 0 Å². The van der Waals surface area contributed by atoms with Gasteiger partial charge in [0.05, 0.1) is 12.5 Å². The fourth-order valence-corrected chi connectivity index (χ4v) is 4.31. The fourth-order valence-electron chi connectivity index (χ4n) is 4.31. The average molecular weight is 382 g/mol. The number of rotatable bonds is 6. The lowest BCUT2D eigenvalue weighted by molar-refractivity contribution is -0.129. The summed E-state index contributed by atoms with van der Waals surface area (Å²) in [5, 5.41) is 2.95. The Morgan fingerprint density at radius 3 is 2.89 bits per heavy atom. The summed E-state index contributed by atoms with van der Waals surface area (Å²) in [5.41, 5.74) is 2.30. The number of imidazole rings is 1. The topological polar surface area (TPSA) is 93.0 Å².